The largest absolute Gasteiger partial charge is 0.486 e. The van der Waals surface area contributed by atoms with Crippen LogP contribution < -0.4 is 0 Å². The maximum absolute atomic E-state index is 8.55. The third-order valence-corrected chi connectivity index (χ3v) is 9.70. The van der Waals surface area contributed by atoms with E-state index in [-0.39, 0.29) is 37.1 Å². The van der Waals surface area contributed by atoms with Crippen LogP contribution >= 0.6 is 0 Å². The number of hydrogen-bond acceptors (Lipinski definition) is 4. The van der Waals surface area contributed by atoms with Crippen LogP contribution in [-0.4, -0.2) is 19.5 Å². The molecule has 1 aliphatic heterocycles. The van der Waals surface area contributed by atoms with Crippen LogP contribution in [0.1, 0.15) is 95.5 Å². The molecule has 3 aromatic carbocycles. The van der Waals surface area contributed by atoms with Gasteiger partial charge in [0, 0.05) is 49.8 Å². The number of hydrogen-bond donors (Lipinski definition) is 0. The van der Waals surface area contributed by atoms with Crippen LogP contribution in [0.3, 0.4) is 0 Å². The summed E-state index contributed by atoms with van der Waals surface area (Å²) in [5, 5.41) is 1.48. The van der Waals surface area contributed by atoms with Crippen molar-refractivity contribution in [3.63, 3.8) is 0 Å². The van der Waals surface area contributed by atoms with Gasteiger partial charge in [0.1, 0.15) is 0 Å². The quantitative estimate of drug-likeness (QED) is 0.166. The first-order valence-corrected chi connectivity index (χ1v) is 17.5. The maximum Gasteiger partial charge on any atom is 0.216 e. The Bertz CT molecular complexity index is 2590. The van der Waals surface area contributed by atoms with Gasteiger partial charge in [-0.25, -0.2) is 4.98 Å². The molecule has 1 radical (unpaired) electrons. The first-order valence-electron chi connectivity index (χ1n) is 20.0. The number of fused-ring (bicyclic) bond motifs is 3. The fourth-order valence-corrected chi connectivity index (χ4v) is 7.50. The molecule has 1 saturated carbocycles. The molecule has 4 aromatic heterocycles. The van der Waals surface area contributed by atoms with E-state index in [0.29, 0.717) is 33.7 Å². The van der Waals surface area contributed by atoms with Crippen LogP contribution in [0.2, 0.25) is 0 Å². The van der Waals surface area contributed by atoms with E-state index in [1.165, 1.54) is 48.4 Å². The maximum atomic E-state index is 8.55. The number of aryl methyl sites for hydroxylation is 1. The Morgan fingerprint density at radius 3 is 2.59 bits per heavy atom. The van der Waals surface area contributed by atoms with Crippen molar-refractivity contribution in [1.29, 1.82) is 0 Å². The Morgan fingerprint density at radius 2 is 1.82 bits per heavy atom. The van der Waals surface area contributed by atoms with Crippen molar-refractivity contribution in [2.24, 2.45) is 5.41 Å². The molecule has 0 atom stereocenters. The molecule has 0 unspecified atom stereocenters. The second-order valence-corrected chi connectivity index (χ2v) is 15.0. The molecule has 5 heterocycles. The minimum atomic E-state index is -2.32. The predicted octanol–water partition coefficient (Wildman–Crippen LogP) is 11.7. The van der Waals surface area contributed by atoms with Gasteiger partial charge in [-0.2, -0.15) is 0 Å². The number of allylic oxidation sites excluding steroid dienone is 1. The molecule has 0 N–H and O–H groups in total. The van der Waals surface area contributed by atoms with Crippen molar-refractivity contribution in [1.82, 2.24) is 19.5 Å². The molecule has 51 heavy (non-hydrogen) atoms. The molecule has 7 aromatic rings. The zero-order valence-electron chi connectivity index (χ0n) is 34.6. The first kappa shape index (κ1) is 29.2. The van der Waals surface area contributed by atoms with Crippen molar-refractivity contribution in [3.8, 4) is 22.6 Å². The summed E-state index contributed by atoms with van der Waals surface area (Å²) < 4.78 is 48.2. The Kier molecular flexibility index (Phi) is 7.81. The van der Waals surface area contributed by atoms with Crippen LogP contribution in [0.15, 0.2) is 89.5 Å². The molecule has 6 heteroatoms. The summed E-state index contributed by atoms with van der Waals surface area (Å²) in [6.45, 7) is 7.77. The van der Waals surface area contributed by atoms with Gasteiger partial charge in [-0.05, 0) is 86.8 Å². The summed E-state index contributed by atoms with van der Waals surface area (Å²) in [4.78, 5) is 13.6. The van der Waals surface area contributed by atoms with Crippen LogP contribution in [0, 0.1) is 24.4 Å². The molecule has 1 aliphatic carbocycles. The average Bonchev–Trinajstić information content (AvgIpc) is 3.91. The molecular formula is C45H44IrN4O-2. The van der Waals surface area contributed by atoms with Gasteiger partial charge in [0.2, 0.25) is 5.71 Å². The van der Waals surface area contributed by atoms with Crippen molar-refractivity contribution in [2.75, 3.05) is 0 Å². The Hall–Kier alpha value is -4.38. The second-order valence-electron chi connectivity index (χ2n) is 15.0. The number of nitrogens with zero attached hydrogens (tertiary/aromatic N) is 4. The topological polar surface area (TPSA) is 56.7 Å². The van der Waals surface area contributed by atoms with Crippen LogP contribution in [0.5, 0.6) is 0 Å². The number of benzene rings is 3. The molecule has 1 fully saturated rings. The Balaban J connectivity index is 0.000000171. The van der Waals surface area contributed by atoms with Crippen LogP contribution in [-0.2, 0) is 32.0 Å². The van der Waals surface area contributed by atoms with Crippen LogP contribution in [0.4, 0.5) is 0 Å². The molecule has 261 valence electrons. The van der Waals surface area contributed by atoms with E-state index in [1.54, 1.807) is 30.5 Å². The number of imidazole rings is 1. The van der Waals surface area contributed by atoms with Crippen molar-refractivity contribution in [3.05, 3.63) is 120 Å². The van der Waals surface area contributed by atoms with Gasteiger partial charge in [-0.15, -0.1) is 54.1 Å². The van der Waals surface area contributed by atoms with Gasteiger partial charge in [0.25, 0.3) is 0 Å². The molecular weight excluding hydrogens is 805 g/mol. The predicted molar refractivity (Wildman–Crippen MR) is 205 cm³/mol. The van der Waals surface area contributed by atoms with Gasteiger partial charge < -0.3 is 14.0 Å². The van der Waals surface area contributed by atoms with E-state index in [0.717, 1.165) is 22.3 Å². The summed E-state index contributed by atoms with van der Waals surface area (Å²) in [7, 11) is 0. The number of aromatic nitrogens is 4. The Morgan fingerprint density at radius 1 is 0.980 bits per heavy atom. The number of pyridine rings is 2. The fraction of sp³-hybridized carbons (Fsp3) is 0.311. The first-order chi connectivity index (χ1) is 26.0. The van der Waals surface area contributed by atoms with Crippen molar-refractivity contribution in [2.45, 2.75) is 85.0 Å². The van der Waals surface area contributed by atoms with Gasteiger partial charge in [-0.1, -0.05) is 74.4 Å². The molecule has 0 amide bonds. The van der Waals surface area contributed by atoms with Gasteiger partial charge in [0.15, 0.2) is 0 Å². The van der Waals surface area contributed by atoms with E-state index in [4.69, 9.17) is 16.3 Å². The summed E-state index contributed by atoms with van der Waals surface area (Å²) >= 11 is 0. The van der Waals surface area contributed by atoms with Crippen molar-refractivity contribution >= 4 is 39.2 Å². The van der Waals surface area contributed by atoms with E-state index in [1.807, 2.05) is 39.0 Å². The standard InChI is InChI=1S/C23H23N2.C22H21N2O.Ir/c1-23(2)15-14-19-18(16-8-6-7-9-16)12-13-20-21(19)25(23)22(24-20)17-10-4-3-5-11-17;1-14-8-9-17-16-6-5-7-18(20(16)25-21(17)24-14)19-12-15(10-11-23-19)13-22(2,3)4;/h3-5,10,12-16H,6-9H2,1-2H3;5-6,8-12H,13H2,1-4H3;/q2*-1;/i;1D3,13D2;. The zero-order valence-corrected chi connectivity index (χ0v) is 32.0. The summed E-state index contributed by atoms with van der Waals surface area (Å²) in [5.41, 5.74) is 7.99. The smallest absolute Gasteiger partial charge is 0.216 e. The monoisotopic (exact) mass is 854 g/mol. The Labute approximate surface area is 321 Å². The van der Waals surface area contributed by atoms with Crippen LogP contribution in [0.25, 0.3) is 61.8 Å². The third-order valence-electron chi connectivity index (χ3n) is 9.70. The summed E-state index contributed by atoms with van der Waals surface area (Å²) in [6.07, 6.45) is 10.1. The molecule has 9 rings (SSSR count). The summed E-state index contributed by atoms with van der Waals surface area (Å²) in [6, 6.07) is 29.4. The summed E-state index contributed by atoms with van der Waals surface area (Å²) in [5.74, 6) is 1.73. The molecule has 0 saturated heterocycles. The minimum Gasteiger partial charge on any atom is -0.486 e. The van der Waals surface area contributed by atoms with Gasteiger partial charge in [-0.3, -0.25) is 4.98 Å². The second kappa shape index (κ2) is 13.6. The minimum absolute atomic E-state index is 0. The number of furan rings is 1. The van der Waals surface area contributed by atoms with E-state index in [9.17, 15) is 0 Å². The van der Waals surface area contributed by atoms with Gasteiger partial charge in [0.05, 0.1) is 28.0 Å². The van der Waals surface area contributed by atoms with E-state index < -0.39 is 18.6 Å². The zero-order chi connectivity index (χ0) is 38.9. The normalized spacial score (nSPS) is 17.2. The number of rotatable bonds is 4. The average molecular weight is 854 g/mol. The molecule has 2 aliphatic rings. The molecule has 0 bridgehead atoms. The van der Waals surface area contributed by atoms with Crippen molar-refractivity contribution < 1.29 is 31.4 Å². The third kappa shape index (κ3) is 6.72. The SMILES string of the molecule is CC1(C)C=Cc2c(C3CCCC3)ccc3nc(-c4[c-]cccc4)n1c23.[2H]C([2H])([2H])c1ccc2c(n1)oc1c(-c3cc(C([2H])([2H])C(C)(C)C)ccn3)[c-]ccc12.[Ir]. The van der Waals surface area contributed by atoms with E-state index >= 15 is 0 Å². The van der Waals surface area contributed by atoms with Gasteiger partial charge >= 0.3 is 0 Å². The fourth-order valence-electron chi connectivity index (χ4n) is 7.50. The molecule has 0 spiro atoms. The molecule has 5 nitrogen and oxygen atoms in total. The van der Waals surface area contributed by atoms with E-state index in [2.05, 4.69) is 76.9 Å².